The molecular weight excluding hydrogens is 340 g/mol. The van der Waals surface area contributed by atoms with E-state index in [1.54, 1.807) is 49.1 Å². The molecule has 1 atom stereocenters. The summed E-state index contributed by atoms with van der Waals surface area (Å²) in [5.74, 6) is 0.370. The Morgan fingerprint density at radius 3 is 2.60 bits per heavy atom. The van der Waals surface area contributed by atoms with E-state index >= 15 is 0 Å². The van der Waals surface area contributed by atoms with Crippen LogP contribution >= 0.6 is 11.6 Å². The normalized spacial score (nSPS) is 14.0. The maximum absolute atomic E-state index is 12.3. The standard InChI is InChI=1S/C19H19ClN2O3/c1-12(25-17-6-3-15(20)4-7-17)19(24)21-16-5-8-18-14(11-16)9-10-22(18)13(2)23/h3-8,11-12H,9-10H2,1-2H3,(H,21,24). The van der Waals surface area contributed by atoms with Gasteiger partial charge < -0.3 is 15.0 Å². The van der Waals surface area contributed by atoms with Gasteiger partial charge in [-0.2, -0.15) is 0 Å². The molecule has 1 heterocycles. The summed E-state index contributed by atoms with van der Waals surface area (Å²) in [6.45, 7) is 3.92. The fourth-order valence-electron chi connectivity index (χ4n) is 2.82. The second-order valence-electron chi connectivity index (χ2n) is 5.97. The van der Waals surface area contributed by atoms with Crippen molar-refractivity contribution in [3.63, 3.8) is 0 Å². The van der Waals surface area contributed by atoms with Crippen LogP contribution in [0.5, 0.6) is 5.75 Å². The molecule has 0 bridgehead atoms. The first kappa shape index (κ1) is 17.3. The van der Waals surface area contributed by atoms with Gasteiger partial charge in [-0.05, 0) is 61.4 Å². The lowest BCUT2D eigenvalue weighted by atomic mass is 10.1. The van der Waals surface area contributed by atoms with E-state index in [1.807, 2.05) is 12.1 Å². The van der Waals surface area contributed by atoms with Crippen LogP contribution in [-0.2, 0) is 16.0 Å². The van der Waals surface area contributed by atoms with E-state index in [2.05, 4.69) is 5.32 Å². The Bertz CT molecular complexity index is 805. The number of benzene rings is 2. The van der Waals surface area contributed by atoms with Crippen LogP contribution in [0.25, 0.3) is 0 Å². The zero-order valence-corrected chi connectivity index (χ0v) is 14.8. The summed E-state index contributed by atoms with van der Waals surface area (Å²) in [4.78, 5) is 25.7. The van der Waals surface area contributed by atoms with Crippen molar-refractivity contribution in [3.05, 3.63) is 53.1 Å². The maximum Gasteiger partial charge on any atom is 0.265 e. The molecule has 0 radical (unpaired) electrons. The van der Waals surface area contributed by atoms with E-state index in [4.69, 9.17) is 16.3 Å². The molecule has 0 aromatic heterocycles. The number of halogens is 1. The summed E-state index contributed by atoms with van der Waals surface area (Å²) in [6.07, 6.45) is 0.137. The Morgan fingerprint density at radius 2 is 1.92 bits per heavy atom. The Hall–Kier alpha value is -2.53. The van der Waals surface area contributed by atoms with Gasteiger partial charge in [0.2, 0.25) is 5.91 Å². The van der Waals surface area contributed by atoms with Gasteiger partial charge in [0.25, 0.3) is 5.91 Å². The van der Waals surface area contributed by atoms with Gasteiger partial charge in [-0.1, -0.05) is 11.6 Å². The summed E-state index contributed by atoms with van der Waals surface area (Å²) >= 11 is 5.83. The van der Waals surface area contributed by atoms with Gasteiger partial charge in [-0.25, -0.2) is 0 Å². The second kappa shape index (κ2) is 7.15. The molecule has 1 aliphatic heterocycles. The fraction of sp³-hybridized carbons (Fsp3) is 0.263. The SMILES string of the molecule is CC(=O)N1CCc2cc(NC(=O)C(C)Oc3ccc(Cl)cc3)ccc21. The van der Waals surface area contributed by atoms with Crippen LogP contribution < -0.4 is 15.0 Å². The third kappa shape index (κ3) is 3.94. The highest BCUT2D eigenvalue weighted by Crippen LogP contribution is 2.30. The number of ether oxygens (including phenoxy) is 1. The van der Waals surface area contributed by atoms with Crippen molar-refractivity contribution in [2.24, 2.45) is 0 Å². The van der Waals surface area contributed by atoms with Gasteiger partial charge >= 0.3 is 0 Å². The predicted octanol–water partition coefficient (Wildman–Crippen LogP) is 3.66. The van der Waals surface area contributed by atoms with Crippen molar-refractivity contribution in [1.29, 1.82) is 0 Å². The Balaban J connectivity index is 1.65. The van der Waals surface area contributed by atoms with Gasteiger partial charge in [0.05, 0.1) is 0 Å². The number of hydrogen-bond acceptors (Lipinski definition) is 3. The van der Waals surface area contributed by atoms with E-state index in [9.17, 15) is 9.59 Å². The van der Waals surface area contributed by atoms with E-state index in [1.165, 1.54) is 0 Å². The fourth-order valence-corrected chi connectivity index (χ4v) is 2.95. The van der Waals surface area contributed by atoms with Crippen LogP contribution in [0.4, 0.5) is 11.4 Å². The number of amides is 2. The molecule has 0 spiro atoms. The lowest BCUT2D eigenvalue weighted by Gasteiger charge is -2.17. The molecule has 1 N–H and O–H groups in total. The Kier molecular flexibility index (Phi) is 4.95. The summed E-state index contributed by atoms with van der Waals surface area (Å²) < 4.78 is 5.62. The summed E-state index contributed by atoms with van der Waals surface area (Å²) in [6, 6.07) is 12.4. The minimum absolute atomic E-state index is 0.0283. The number of carbonyl (C=O) groups is 2. The lowest BCUT2D eigenvalue weighted by molar-refractivity contribution is -0.122. The minimum atomic E-state index is -0.650. The largest absolute Gasteiger partial charge is 0.481 e. The van der Waals surface area contributed by atoms with Crippen LogP contribution in [0.2, 0.25) is 5.02 Å². The molecule has 2 amide bonds. The van der Waals surface area contributed by atoms with Crippen molar-refractivity contribution < 1.29 is 14.3 Å². The first-order valence-corrected chi connectivity index (χ1v) is 8.46. The molecular formula is C19H19ClN2O3. The molecule has 5 nitrogen and oxygen atoms in total. The third-order valence-electron chi connectivity index (χ3n) is 4.12. The molecule has 0 fully saturated rings. The molecule has 130 valence electrons. The highest BCUT2D eigenvalue weighted by molar-refractivity contribution is 6.30. The number of nitrogens with one attached hydrogen (secondary N) is 1. The third-order valence-corrected chi connectivity index (χ3v) is 4.37. The van der Waals surface area contributed by atoms with Crippen molar-refractivity contribution in [2.75, 3.05) is 16.8 Å². The predicted molar refractivity (Wildman–Crippen MR) is 98.3 cm³/mol. The molecule has 2 aromatic rings. The Labute approximate surface area is 151 Å². The highest BCUT2D eigenvalue weighted by Gasteiger charge is 2.23. The van der Waals surface area contributed by atoms with Crippen LogP contribution in [0.3, 0.4) is 0 Å². The van der Waals surface area contributed by atoms with Gasteiger partial charge in [-0.3, -0.25) is 9.59 Å². The van der Waals surface area contributed by atoms with Crippen LogP contribution in [0.15, 0.2) is 42.5 Å². The summed E-state index contributed by atoms with van der Waals surface area (Å²) in [5.41, 5.74) is 2.66. The quantitative estimate of drug-likeness (QED) is 0.907. The molecule has 2 aromatic carbocycles. The second-order valence-corrected chi connectivity index (χ2v) is 6.40. The topological polar surface area (TPSA) is 58.6 Å². The molecule has 25 heavy (non-hydrogen) atoms. The summed E-state index contributed by atoms with van der Waals surface area (Å²) in [7, 11) is 0. The number of hydrogen-bond donors (Lipinski definition) is 1. The molecule has 3 rings (SSSR count). The van der Waals surface area contributed by atoms with Crippen LogP contribution in [-0.4, -0.2) is 24.5 Å². The smallest absolute Gasteiger partial charge is 0.265 e. The number of rotatable bonds is 4. The van der Waals surface area contributed by atoms with Gasteiger partial charge in [0.1, 0.15) is 5.75 Å². The maximum atomic E-state index is 12.3. The van der Waals surface area contributed by atoms with Gasteiger partial charge in [0, 0.05) is 29.9 Å². The molecule has 1 aliphatic rings. The first-order valence-electron chi connectivity index (χ1n) is 8.08. The number of anilines is 2. The monoisotopic (exact) mass is 358 g/mol. The van der Waals surface area contributed by atoms with E-state index < -0.39 is 6.10 Å². The van der Waals surface area contributed by atoms with Crippen LogP contribution in [0, 0.1) is 0 Å². The van der Waals surface area contributed by atoms with Crippen molar-refractivity contribution in [1.82, 2.24) is 0 Å². The van der Waals surface area contributed by atoms with Gasteiger partial charge in [-0.15, -0.1) is 0 Å². The highest BCUT2D eigenvalue weighted by atomic mass is 35.5. The average molecular weight is 359 g/mol. The lowest BCUT2D eigenvalue weighted by Crippen LogP contribution is -2.30. The van der Waals surface area contributed by atoms with E-state index in [-0.39, 0.29) is 11.8 Å². The zero-order valence-electron chi connectivity index (χ0n) is 14.1. The Morgan fingerprint density at radius 1 is 1.20 bits per heavy atom. The number of fused-ring (bicyclic) bond motifs is 1. The minimum Gasteiger partial charge on any atom is -0.481 e. The molecule has 0 saturated carbocycles. The number of nitrogens with zero attached hydrogens (tertiary/aromatic N) is 1. The van der Waals surface area contributed by atoms with Gasteiger partial charge in [0.15, 0.2) is 6.10 Å². The van der Waals surface area contributed by atoms with Crippen molar-refractivity contribution in [3.8, 4) is 5.75 Å². The zero-order chi connectivity index (χ0) is 18.0. The molecule has 0 saturated heterocycles. The van der Waals surface area contributed by atoms with Crippen molar-refractivity contribution >= 4 is 34.8 Å². The van der Waals surface area contributed by atoms with E-state index in [0.29, 0.717) is 23.0 Å². The number of carbonyl (C=O) groups excluding carboxylic acids is 2. The molecule has 6 heteroatoms. The molecule has 0 aliphatic carbocycles. The average Bonchev–Trinajstić information content (AvgIpc) is 3.00. The molecule has 1 unspecified atom stereocenters. The first-order chi connectivity index (χ1) is 11.9. The van der Waals surface area contributed by atoms with Crippen molar-refractivity contribution in [2.45, 2.75) is 26.4 Å². The summed E-state index contributed by atoms with van der Waals surface area (Å²) in [5, 5.41) is 3.47. The van der Waals surface area contributed by atoms with E-state index in [0.717, 1.165) is 17.7 Å². The van der Waals surface area contributed by atoms with Crippen LogP contribution in [0.1, 0.15) is 19.4 Å².